The Morgan fingerprint density at radius 2 is 2.04 bits per heavy atom. The first kappa shape index (κ1) is 15.4. The highest BCUT2D eigenvalue weighted by atomic mass is 35.5. The number of aromatic nitrogens is 4. The van der Waals surface area contributed by atoms with Gasteiger partial charge in [-0.15, -0.1) is 5.10 Å². The number of anilines is 1. The Labute approximate surface area is 154 Å². The number of rotatable bonds is 4. The zero-order valence-electron chi connectivity index (χ0n) is 13.9. The summed E-state index contributed by atoms with van der Waals surface area (Å²) in [4.78, 5) is 9.25. The molecule has 1 aliphatic rings. The Morgan fingerprint density at radius 1 is 1.12 bits per heavy atom. The number of halogens is 1. The van der Waals surface area contributed by atoms with Crippen LogP contribution in [0.5, 0.6) is 0 Å². The predicted octanol–water partition coefficient (Wildman–Crippen LogP) is 4.14. The number of aryl methyl sites for hydroxylation is 1. The Kier molecular flexibility index (Phi) is 3.64. The van der Waals surface area contributed by atoms with Crippen molar-refractivity contribution in [2.24, 2.45) is 0 Å². The van der Waals surface area contributed by atoms with Crippen LogP contribution in [0, 0.1) is 0 Å². The number of hydrogen-bond acceptors (Lipinski definition) is 5. The quantitative estimate of drug-likeness (QED) is 0.588. The molecule has 1 N–H and O–H groups in total. The zero-order chi connectivity index (χ0) is 17.5. The SMILES string of the molecule is Clc1ccccc1CNc1c2c(nc3nc(-c4ccco4)nn13)CCC2. The molecular formula is C19H16ClN5O. The van der Waals surface area contributed by atoms with Crippen molar-refractivity contribution in [3.05, 3.63) is 64.5 Å². The topological polar surface area (TPSA) is 68.2 Å². The smallest absolute Gasteiger partial charge is 0.255 e. The predicted molar refractivity (Wildman–Crippen MR) is 99.3 cm³/mol. The second-order valence-corrected chi connectivity index (χ2v) is 6.72. The molecule has 1 aromatic carbocycles. The Hall–Kier alpha value is -2.86. The minimum atomic E-state index is 0.534. The molecule has 3 aromatic heterocycles. The van der Waals surface area contributed by atoms with Crippen LogP contribution in [0.25, 0.3) is 17.4 Å². The number of nitrogens with one attached hydrogen (secondary N) is 1. The number of fused-ring (bicyclic) bond motifs is 2. The highest BCUT2D eigenvalue weighted by molar-refractivity contribution is 6.31. The maximum Gasteiger partial charge on any atom is 0.255 e. The monoisotopic (exact) mass is 365 g/mol. The van der Waals surface area contributed by atoms with Gasteiger partial charge in [0.25, 0.3) is 5.78 Å². The normalized spacial score (nSPS) is 13.3. The fourth-order valence-corrected chi connectivity index (χ4v) is 3.60. The molecule has 0 saturated carbocycles. The Balaban J connectivity index is 1.59. The van der Waals surface area contributed by atoms with E-state index < -0.39 is 0 Å². The molecule has 1 aliphatic carbocycles. The maximum atomic E-state index is 6.30. The third-order valence-electron chi connectivity index (χ3n) is 4.66. The van der Waals surface area contributed by atoms with Gasteiger partial charge in [0, 0.05) is 17.1 Å². The lowest BCUT2D eigenvalue weighted by Crippen LogP contribution is -2.10. The van der Waals surface area contributed by atoms with Crippen LogP contribution >= 0.6 is 11.6 Å². The van der Waals surface area contributed by atoms with Crippen LogP contribution in [0.1, 0.15) is 23.2 Å². The molecule has 7 heteroatoms. The highest BCUT2D eigenvalue weighted by Crippen LogP contribution is 2.30. The van der Waals surface area contributed by atoms with Crippen LogP contribution in [0.15, 0.2) is 47.1 Å². The van der Waals surface area contributed by atoms with Gasteiger partial charge < -0.3 is 9.73 Å². The Morgan fingerprint density at radius 3 is 2.88 bits per heavy atom. The first-order valence-corrected chi connectivity index (χ1v) is 8.97. The number of benzene rings is 1. The van der Waals surface area contributed by atoms with Gasteiger partial charge in [-0.3, -0.25) is 0 Å². The fraction of sp³-hybridized carbons (Fsp3) is 0.211. The maximum absolute atomic E-state index is 6.30. The molecule has 0 atom stereocenters. The molecule has 5 rings (SSSR count). The largest absolute Gasteiger partial charge is 0.461 e. The van der Waals surface area contributed by atoms with Crippen molar-refractivity contribution in [1.82, 2.24) is 19.6 Å². The number of nitrogens with zero attached hydrogens (tertiary/aromatic N) is 4. The standard InChI is InChI=1S/C19H16ClN5O/c20-14-7-2-1-5-12(14)11-21-18-13-6-3-8-15(13)22-19-23-17(24-25(18)19)16-9-4-10-26-16/h1-2,4-5,7,9-10,21H,3,6,8,11H2. The summed E-state index contributed by atoms with van der Waals surface area (Å²) in [6, 6.07) is 11.5. The first-order chi connectivity index (χ1) is 12.8. The van der Waals surface area contributed by atoms with Gasteiger partial charge in [-0.1, -0.05) is 29.8 Å². The summed E-state index contributed by atoms with van der Waals surface area (Å²) < 4.78 is 7.21. The van der Waals surface area contributed by atoms with Gasteiger partial charge in [0.05, 0.1) is 12.0 Å². The van der Waals surface area contributed by atoms with Gasteiger partial charge in [0.1, 0.15) is 5.82 Å². The summed E-state index contributed by atoms with van der Waals surface area (Å²) in [6.07, 6.45) is 4.67. The van der Waals surface area contributed by atoms with Crippen LogP contribution in [0.4, 0.5) is 5.82 Å². The molecular weight excluding hydrogens is 350 g/mol. The van der Waals surface area contributed by atoms with Crippen molar-refractivity contribution in [2.45, 2.75) is 25.8 Å². The molecule has 0 bridgehead atoms. The van der Waals surface area contributed by atoms with Gasteiger partial charge in [-0.25, -0.2) is 4.98 Å². The number of furan rings is 1. The van der Waals surface area contributed by atoms with Crippen LogP contribution in [0.3, 0.4) is 0 Å². The zero-order valence-corrected chi connectivity index (χ0v) is 14.7. The molecule has 26 heavy (non-hydrogen) atoms. The molecule has 130 valence electrons. The summed E-state index contributed by atoms with van der Waals surface area (Å²) in [5, 5.41) is 8.88. The molecule has 0 saturated heterocycles. The van der Waals surface area contributed by atoms with Gasteiger partial charge in [0.15, 0.2) is 5.76 Å². The second kappa shape index (κ2) is 6.14. The van der Waals surface area contributed by atoms with Crippen molar-refractivity contribution in [3.8, 4) is 11.6 Å². The number of hydrogen-bond donors (Lipinski definition) is 1. The molecule has 0 radical (unpaired) electrons. The lowest BCUT2D eigenvalue weighted by molar-refractivity contribution is 0.577. The van der Waals surface area contributed by atoms with Crippen molar-refractivity contribution < 1.29 is 4.42 Å². The highest BCUT2D eigenvalue weighted by Gasteiger charge is 2.22. The van der Waals surface area contributed by atoms with Crippen molar-refractivity contribution in [1.29, 1.82) is 0 Å². The van der Waals surface area contributed by atoms with Crippen molar-refractivity contribution in [2.75, 3.05) is 5.32 Å². The summed E-state index contributed by atoms with van der Waals surface area (Å²) >= 11 is 6.30. The molecule has 0 aliphatic heterocycles. The molecule has 3 heterocycles. The summed E-state index contributed by atoms with van der Waals surface area (Å²) in [5.41, 5.74) is 3.34. The van der Waals surface area contributed by atoms with E-state index in [0.29, 0.717) is 23.9 Å². The van der Waals surface area contributed by atoms with Crippen LogP contribution < -0.4 is 5.32 Å². The summed E-state index contributed by atoms with van der Waals surface area (Å²) in [7, 11) is 0. The van der Waals surface area contributed by atoms with E-state index in [1.165, 1.54) is 5.56 Å². The van der Waals surface area contributed by atoms with E-state index in [2.05, 4.69) is 15.4 Å². The molecule has 0 amide bonds. The van der Waals surface area contributed by atoms with Crippen LogP contribution in [0.2, 0.25) is 5.02 Å². The van der Waals surface area contributed by atoms with E-state index in [1.54, 1.807) is 10.8 Å². The van der Waals surface area contributed by atoms with Crippen molar-refractivity contribution >= 4 is 23.2 Å². The third kappa shape index (κ3) is 2.54. The molecule has 4 aromatic rings. The van der Waals surface area contributed by atoms with E-state index in [0.717, 1.165) is 41.4 Å². The lowest BCUT2D eigenvalue weighted by atomic mass is 10.2. The van der Waals surface area contributed by atoms with Gasteiger partial charge in [-0.2, -0.15) is 9.50 Å². The van der Waals surface area contributed by atoms with Gasteiger partial charge in [0.2, 0.25) is 5.82 Å². The van der Waals surface area contributed by atoms with E-state index >= 15 is 0 Å². The summed E-state index contributed by atoms with van der Waals surface area (Å²) in [6.45, 7) is 0.612. The minimum Gasteiger partial charge on any atom is -0.461 e. The molecule has 0 spiro atoms. The molecule has 0 fully saturated rings. The van der Waals surface area contributed by atoms with E-state index in [1.807, 2.05) is 36.4 Å². The first-order valence-electron chi connectivity index (χ1n) is 8.59. The van der Waals surface area contributed by atoms with E-state index in [-0.39, 0.29) is 0 Å². The van der Waals surface area contributed by atoms with E-state index in [4.69, 9.17) is 21.0 Å². The van der Waals surface area contributed by atoms with E-state index in [9.17, 15) is 0 Å². The minimum absolute atomic E-state index is 0.534. The summed E-state index contributed by atoms with van der Waals surface area (Å²) in [5.74, 6) is 2.69. The Bertz CT molecular complexity index is 1090. The van der Waals surface area contributed by atoms with Gasteiger partial charge >= 0.3 is 0 Å². The lowest BCUT2D eigenvalue weighted by Gasteiger charge is -2.13. The third-order valence-corrected chi connectivity index (χ3v) is 5.03. The molecule has 0 unspecified atom stereocenters. The van der Waals surface area contributed by atoms with Crippen molar-refractivity contribution in [3.63, 3.8) is 0 Å². The fourth-order valence-electron chi connectivity index (χ4n) is 3.39. The van der Waals surface area contributed by atoms with Crippen LogP contribution in [-0.4, -0.2) is 19.6 Å². The average molecular weight is 366 g/mol. The van der Waals surface area contributed by atoms with Crippen LogP contribution in [-0.2, 0) is 19.4 Å². The average Bonchev–Trinajstić information content (AvgIpc) is 3.38. The van der Waals surface area contributed by atoms with Gasteiger partial charge in [-0.05, 0) is 43.0 Å². The molecule has 6 nitrogen and oxygen atoms in total. The second-order valence-electron chi connectivity index (χ2n) is 6.31.